The highest BCUT2D eigenvalue weighted by Gasteiger charge is 2.51. The minimum Gasteiger partial charge on any atom is -0.393 e. The standard InChI is InChI=1S/C21H27N3O4/c1-2-22-20(27)17-10-15-11-23(21(28)14-8-16(25)9-14)12-18(26)24(15)19(17)13-6-4-3-5-7-13/h3-7,14-17,19,25H,2,8-12H2,1H3,(H,22,27)/t14?,15-,16?,17-,19-/m1/s1. The van der Waals surface area contributed by atoms with Crippen molar-refractivity contribution in [3.63, 3.8) is 0 Å². The number of hydrogen-bond acceptors (Lipinski definition) is 4. The minimum absolute atomic E-state index is 0.0430. The SMILES string of the molecule is CCNC(=O)[C@@H]1C[C@@H]2CN(C(=O)C3CC(O)C3)CC(=O)N2[C@@H]1c1ccccc1. The Bertz CT molecular complexity index is 762. The Balaban J connectivity index is 1.57. The number of piperazine rings is 1. The number of benzene rings is 1. The molecule has 4 rings (SSSR count). The summed E-state index contributed by atoms with van der Waals surface area (Å²) >= 11 is 0. The average molecular weight is 385 g/mol. The van der Waals surface area contributed by atoms with Crippen LogP contribution in [0.3, 0.4) is 0 Å². The number of carbonyl (C=O) groups excluding carboxylic acids is 3. The molecule has 28 heavy (non-hydrogen) atoms. The number of aliphatic hydroxyl groups is 1. The second-order valence-electron chi connectivity index (χ2n) is 8.09. The van der Waals surface area contributed by atoms with Gasteiger partial charge in [0, 0.05) is 19.0 Å². The molecule has 3 atom stereocenters. The summed E-state index contributed by atoms with van der Waals surface area (Å²) in [6, 6.07) is 9.22. The summed E-state index contributed by atoms with van der Waals surface area (Å²) in [4.78, 5) is 41.9. The predicted molar refractivity (Wildman–Crippen MR) is 102 cm³/mol. The number of carbonyl (C=O) groups is 3. The van der Waals surface area contributed by atoms with Crippen LogP contribution >= 0.6 is 0 Å². The highest BCUT2D eigenvalue weighted by Crippen LogP contribution is 2.43. The molecule has 0 radical (unpaired) electrons. The zero-order valence-electron chi connectivity index (χ0n) is 16.1. The molecular formula is C21H27N3O4. The zero-order valence-corrected chi connectivity index (χ0v) is 16.1. The highest BCUT2D eigenvalue weighted by molar-refractivity contribution is 5.89. The van der Waals surface area contributed by atoms with Crippen LogP contribution in [0.1, 0.15) is 37.8 Å². The Morgan fingerprint density at radius 1 is 1.18 bits per heavy atom. The Hall–Kier alpha value is -2.41. The van der Waals surface area contributed by atoms with Gasteiger partial charge in [0.05, 0.1) is 30.7 Å². The lowest BCUT2D eigenvalue weighted by Gasteiger charge is -2.42. The van der Waals surface area contributed by atoms with Gasteiger partial charge in [-0.05, 0) is 31.7 Å². The minimum atomic E-state index is -0.401. The predicted octanol–water partition coefficient (Wildman–Crippen LogP) is 0.694. The van der Waals surface area contributed by atoms with Crippen LogP contribution in [0.15, 0.2) is 30.3 Å². The third-order valence-corrected chi connectivity index (χ3v) is 6.25. The molecule has 0 bridgehead atoms. The number of nitrogens with zero attached hydrogens (tertiary/aromatic N) is 2. The fourth-order valence-corrected chi connectivity index (χ4v) is 4.86. The van der Waals surface area contributed by atoms with Gasteiger partial charge in [0.15, 0.2) is 0 Å². The number of fused-ring (bicyclic) bond motifs is 1. The van der Waals surface area contributed by atoms with Crippen molar-refractivity contribution in [1.82, 2.24) is 15.1 Å². The molecule has 0 unspecified atom stereocenters. The first kappa shape index (κ1) is 18.9. The van der Waals surface area contributed by atoms with Gasteiger partial charge in [0.2, 0.25) is 17.7 Å². The Kier molecular flexibility index (Phi) is 5.10. The van der Waals surface area contributed by atoms with Crippen LogP contribution in [0, 0.1) is 11.8 Å². The number of hydrogen-bond donors (Lipinski definition) is 2. The van der Waals surface area contributed by atoms with Crippen LogP contribution < -0.4 is 5.32 Å². The van der Waals surface area contributed by atoms with E-state index < -0.39 is 6.10 Å². The Morgan fingerprint density at radius 3 is 2.54 bits per heavy atom. The number of nitrogens with one attached hydrogen (secondary N) is 1. The average Bonchev–Trinajstić information content (AvgIpc) is 3.06. The van der Waals surface area contributed by atoms with Crippen molar-refractivity contribution >= 4 is 17.7 Å². The van der Waals surface area contributed by atoms with Crippen molar-refractivity contribution in [2.24, 2.45) is 11.8 Å². The lowest BCUT2D eigenvalue weighted by molar-refractivity contribution is -0.154. The third kappa shape index (κ3) is 3.28. The van der Waals surface area contributed by atoms with Crippen LogP contribution in [0.2, 0.25) is 0 Å². The van der Waals surface area contributed by atoms with Crippen molar-refractivity contribution in [3.8, 4) is 0 Å². The largest absolute Gasteiger partial charge is 0.393 e. The molecule has 7 nitrogen and oxygen atoms in total. The monoisotopic (exact) mass is 385 g/mol. The molecule has 2 saturated heterocycles. The topological polar surface area (TPSA) is 90.0 Å². The van der Waals surface area contributed by atoms with Crippen molar-refractivity contribution < 1.29 is 19.5 Å². The van der Waals surface area contributed by atoms with Crippen LogP contribution in [0.5, 0.6) is 0 Å². The Labute approximate surface area is 164 Å². The quantitative estimate of drug-likeness (QED) is 0.798. The molecule has 0 aromatic heterocycles. The molecule has 0 spiro atoms. The molecule has 2 heterocycles. The summed E-state index contributed by atoms with van der Waals surface area (Å²) in [6.07, 6.45) is 1.11. The van der Waals surface area contributed by atoms with E-state index in [-0.39, 0.29) is 48.2 Å². The van der Waals surface area contributed by atoms with Crippen LogP contribution in [-0.4, -0.2) is 64.4 Å². The highest BCUT2D eigenvalue weighted by atomic mass is 16.3. The molecule has 1 aromatic carbocycles. The van der Waals surface area contributed by atoms with Crippen LogP contribution in [0.4, 0.5) is 0 Å². The van der Waals surface area contributed by atoms with Crippen molar-refractivity contribution in [2.45, 2.75) is 44.4 Å². The van der Waals surface area contributed by atoms with E-state index in [0.717, 1.165) is 5.56 Å². The van der Waals surface area contributed by atoms with E-state index in [1.807, 2.05) is 42.2 Å². The van der Waals surface area contributed by atoms with E-state index in [9.17, 15) is 19.5 Å². The maximum atomic E-state index is 13.0. The van der Waals surface area contributed by atoms with Gasteiger partial charge in [-0.15, -0.1) is 0 Å². The van der Waals surface area contributed by atoms with Gasteiger partial charge >= 0.3 is 0 Å². The van der Waals surface area contributed by atoms with E-state index in [2.05, 4.69) is 5.32 Å². The number of aliphatic hydroxyl groups excluding tert-OH is 1. The lowest BCUT2D eigenvalue weighted by atomic mass is 9.81. The molecule has 3 fully saturated rings. The number of amides is 3. The van der Waals surface area contributed by atoms with Crippen molar-refractivity contribution in [2.75, 3.05) is 19.6 Å². The van der Waals surface area contributed by atoms with Gasteiger partial charge in [-0.3, -0.25) is 14.4 Å². The van der Waals surface area contributed by atoms with Gasteiger partial charge < -0.3 is 20.2 Å². The molecule has 7 heteroatoms. The van der Waals surface area contributed by atoms with E-state index in [4.69, 9.17) is 0 Å². The summed E-state index contributed by atoms with van der Waals surface area (Å²) in [7, 11) is 0. The van der Waals surface area contributed by atoms with Crippen LogP contribution in [-0.2, 0) is 14.4 Å². The smallest absolute Gasteiger partial charge is 0.243 e. The first-order valence-corrected chi connectivity index (χ1v) is 10.1. The summed E-state index contributed by atoms with van der Waals surface area (Å²) < 4.78 is 0. The van der Waals surface area contributed by atoms with E-state index in [1.165, 1.54) is 0 Å². The first-order valence-electron chi connectivity index (χ1n) is 10.1. The van der Waals surface area contributed by atoms with Crippen molar-refractivity contribution in [3.05, 3.63) is 35.9 Å². The van der Waals surface area contributed by atoms with Crippen LogP contribution in [0.25, 0.3) is 0 Å². The normalized spacial score (nSPS) is 31.9. The van der Waals surface area contributed by atoms with Gasteiger partial charge in [-0.2, -0.15) is 0 Å². The zero-order chi connectivity index (χ0) is 19.8. The van der Waals surface area contributed by atoms with Gasteiger partial charge in [-0.25, -0.2) is 0 Å². The molecule has 1 aliphatic carbocycles. The molecule has 1 saturated carbocycles. The number of rotatable bonds is 4. The molecular weight excluding hydrogens is 358 g/mol. The summed E-state index contributed by atoms with van der Waals surface area (Å²) in [5, 5.41) is 12.4. The molecule has 150 valence electrons. The molecule has 3 aliphatic rings. The van der Waals surface area contributed by atoms with E-state index in [1.54, 1.807) is 4.90 Å². The molecule has 3 amide bonds. The summed E-state index contributed by atoms with van der Waals surface area (Å²) in [5.41, 5.74) is 0.955. The summed E-state index contributed by atoms with van der Waals surface area (Å²) in [5.74, 6) is -0.698. The van der Waals surface area contributed by atoms with Gasteiger partial charge in [-0.1, -0.05) is 30.3 Å². The fraction of sp³-hybridized carbons (Fsp3) is 0.571. The third-order valence-electron chi connectivity index (χ3n) is 6.25. The fourth-order valence-electron chi connectivity index (χ4n) is 4.86. The second-order valence-corrected chi connectivity index (χ2v) is 8.09. The van der Waals surface area contributed by atoms with Gasteiger partial charge in [0.1, 0.15) is 0 Å². The van der Waals surface area contributed by atoms with E-state index in [0.29, 0.717) is 32.4 Å². The molecule has 2 N–H and O–H groups in total. The maximum Gasteiger partial charge on any atom is 0.243 e. The first-order chi connectivity index (χ1) is 13.5. The second kappa shape index (κ2) is 7.54. The molecule has 1 aromatic rings. The van der Waals surface area contributed by atoms with E-state index >= 15 is 0 Å². The maximum absolute atomic E-state index is 13.0. The molecule has 2 aliphatic heterocycles. The Morgan fingerprint density at radius 2 is 1.89 bits per heavy atom. The summed E-state index contributed by atoms with van der Waals surface area (Å²) in [6.45, 7) is 2.93. The van der Waals surface area contributed by atoms with Gasteiger partial charge in [0.25, 0.3) is 0 Å². The van der Waals surface area contributed by atoms with Crippen molar-refractivity contribution in [1.29, 1.82) is 0 Å². The lowest BCUT2D eigenvalue weighted by Crippen LogP contribution is -2.58.